The van der Waals surface area contributed by atoms with Crippen LogP contribution < -0.4 is 4.90 Å². The first-order valence-electron chi connectivity index (χ1n) is 12.4. The number of piperazine rings is 1. The normalized spacial score (nSPS) is 17.8. The number of aryl methyl sites for hydroxylation is 1. The molecule has 1 aliphatic carbocycles. The Morgan fingerprint density at radius 3 is 2.41 bits per heavy atom. The number of fused-ring (bicyclic) bond motifs is 1. The number of anilines is 1. The van der Waals surface area contributed by atoms with Gasteiger partial charge in [0.2, 0.25) is 10.0 Å². The van der Waals surface area contributed by atoms with Crippen LogP contribution in [0, 0.1) is 0 Å². The first kappa shape index (κ1) is 23.8. The van der Waals surface area contributed by atoms with Gasteiger partial charge >= 0.3 is 0 Å². The fraction of sp³-hybridized carbons (Fsp3) is 0.385. The summed E-state index contributed by atoms with van der Waals surface area (Å²) in [5.74, 6) is 0.847. The number of sulfonamides is 1. The molecule has 0 aromatic carbocycles. The molecular weight excluding hydrogens is 488 g/mol. The highest BCUT2D eigenvalue weighted by Crippen LogP contribution is 2.44. The third-order valence-corrected chi connectivity index (χ3v) is 10.2. The summed E-state index contributed by atoms with van der Waals surface area (Å²) in [5, 5.41) is 8.89. The number of aromatic nitrogens is 5. The van der Waals surface area contributed by atoms with Gasteiger partial charge in [-0.3, -0.25) is 9.67 Å². The molecular formula is C26H30N8O2S. The average Bonchev–Trinajstić information content (AvgIpc) is 3.33. The molecule has 0 bridgehead atoms. The molecule has 5 heterocycles. The highest BCUT2D eigenvalue weighted by atomic mass is 32.2. The van der Waals surface area contributed by atoms with E-state index < -0.39 is 14.8 Å². The molecule has 0 atom stereocenters. The van der Waals surface area contributed by atoms with Crippen molar-refractivity contribution in [2.45, 2.75) is 31.1 Å². The van der Waals surface area contributed by atoms with E-state index >= 15 is 0 Å². The van der Waals surface area contributed by atoms with Crippen molar-refractivity contribution < 1.29 is 8.42 Å². The van der Waals surface area contributed by atoms with Crippen molar-refractivity contribution in [2.75, 3.05) is 31.1 Å². The van der Waals surface area contributed by atoms with Crippen molar-refractivity contribution in [2.24, 2.45) is 12.0 Å². The van der Waals surface area contributed by atoms with Gasteiger partial charge in [0.1, 0.15) is 5.82 Å². The van der Waals surface area contributed by atoms with Crippen LogP contribution in [0.25, 0.3) is 27.8 Å². The number of rotatable bonds is 7. The average molecular weight is 519 g/mol. The molecule has 0 N–H and O–H groups in total. The molecule has 0 radical (unpaired) electrons. The molecule has 2 aliphatic rings. The van der Waals surface area contributed by atoms with Gasteiger partial charge in [-0.15, -0.1) is 0 Å². The SMILES string of the molecule is C=NCc1cnn2cc(-c3cnn(C)c3)cc(-c3ccc(N4CCN(S(=O)(=O)C5(C)CC5)CC4)nc3)c12. The number of hydrogen-bond acceptors (Lipinski definition) is 7. The lowest BCUT2D eigenvalue weighted by atomic mass is 10.0. The van der Waals surface area contributed by atoms with Crippen LogP contribution in [0.15, 0.2) is 54.2 Å². The van der Waals surface area contributed by atoms with Gasteiger partial charge in [0.15, 0.2) is 0 Å². The maximum Gasteiger partial charge on any atom is 0.219 e. The highest BCUT2D eigenvalue weighted by Gasteiger charge is 2.53. The molecule has 192 valence electrons. The Bertz CT molecular complexity index is 1580. The van der Waals surface area contributed by atoms with Gasteiger partial charge in [-0.2, -0.15) is 14.5 Å². The smallest absolute Gasteiger partial charge is 0.219 e. The number of hydrogen-bond donors (Lipinski definition) is 0. The van der Waals surface area contributed by atoms with Gasteiger partial charge in [0.25, 0.3) is 0 Å². The van der Waals surface area contributed by atoms with Crippen molar-refractivity contribution in [3.63, 3.8) is 0 Å². The fourth-order valence-electron chi connectivity index (χ4n) is 5.01. The Morgan fingerprint density at radius 1 is 1.00 bits per heavy atom. The van der Waals surface area contributed by atoms with Crippen LogP contribution in [-0.2, 0) is 23.6 Å². The van der Waals surface area contributed by atoms with E-state index in [0.717, 1.165) is 52.0 Å². The van der Waals surface area contributed by atoms with E-state index in [0.29, 0.717) is 32.7 Å². The largest absolute Gasteiger partial charge is 0.354 e. The lowest BCUT2D eigenvalue weighted by Gasteiger charge is -2.36. The highest BCUT2D eigenvalue weighted by molar-refractivity contribution is 7.90. The molecule has 37 heavy (non-hydrogen) atoms. The molecule has 4 aromatic heterocycles. The zero-order valence-corrected chi connectivity index (χ0v) is 21.9. The Kier molecular flexibility index (Phi) is 5.64. The van der Waals surface area contributed by atoms with E-state index in [1.165, 1.54) is 0 Å². The number of aliphatic imine (C=N–C) groups is 1. The Labute approximate surface area is 216 Å². The van der Waals surface area contributed by atoms with Crippen molar-refractivity contribution >= 4 is 28.1 Å². The maximum atomic E-state index is 12.9. The molecule has 6 rings (SSSR count). The standard InChI is InChI=1S/C26H30N8O2S/c1-26(6-7-26)37(35,36)33-10-8-32(9-11-33)24-5-4-19(14-28-24)23-12-20(22-16-29-31(3)17-22)18-34-25(23)21(13-27-2)15-30-34/h4-5,12,14-18H,2,6-11,13H2,1,3H3. The maximum absolute atomic E-state index is 12.9. The van der Waals surface area contributed by atoms with Crippen LogP contribution in [0.2, 0.25) is 0 Å². The molecule has 1 saturated heterocycles. The van der Waals surface area contributed by atoms with Crippen LogP contribution >= 0.6 is 0 Å². The lowest BCUT2D eigenvalue weighted by molar-refractivity contribution is 0.377. The molecule has 0 amide bonds. The molecule has 0 spiro atoms. The second kappa shape index (κ2) is 8.77. The van der Waals surface area contributed by atoms with Gasteiger partial charge in [-0.1, -0.05) is 0 Å². The second-order valence-corrected chi connectivity index (χ2v) is 12.6. The van der Waals surface area contributed by atoms with Crippen LogP contribution in [0.5, 0.6) is 0 Å². The molecule has 4 aromatic rings. The monoisotopic (exact) mass is 518 g/mol. The minimum Gasteiger partial charge on any atom is -0.354 e. The Morgan fingerprint density at radius 2 is 1.78 bits per heavy atom. The summed E-state index contributed by atoms with van der Waals surface area (Å²) in [4.78, 5) is 11.0. The van der Waals surface area contributed by atoms with Crippen LogP contribution in [0.1, 0.15) is 25.3 Å². The van der Waals surface area contributed by atoms with Gasteiger partial charge in [-0.05, 0) is 44.7 Å². The summed E-state index contributed by atoms with van der Waals surface area (Å²) in [6.45, 7) is 8.21. The molecule has 1 aliphatic heterocycles. The van der Waals surface area contributed by atoms with Crippen molar-refractivity contribution in [3.05, 3.63) is 54.7 Å². The predicted molar refractivity (Wildman–Crippen MR) is 144 cm³/mol. The van der Waals surface area contributed by atoms with Gasteiger partial charge in [0, 0.05) is 79.6 Å². The van der Waals surface area contributed by atoms with Gasteiger partial charge in [-0.25, -0.2) is 17.9 Å². The van der Waals surface area contributed by atoms with E-state index in [1.807, 2.05) is 55.5 Å². The molecule has 10 nitrogen and oxygen atoms in total. The summed E-state index contributed by atoms with van der Waals surface area (Å²) in [5.41, 5.74) is 5.94. The van der Waals surface area contributed by atoms with E-state index in [1.54, 1.807) is 8.99 Å². The fourth-order valence-corrected chi connectivity index (χ4v) is 6.89. The van der Waals surface area contributed by atoms with E-state index in [4.69, 9.17) is 4.98 Å². The van der Waals surface area contributed by atoms with E-state index in [2.05, 4.69) is 38.9 Å². The van der Waals surface area contributed by atoms with Crippen molar-refractivity contribution in [1.82, 2.24) is 28.7 Å². The number of nitrogens with zero attached hydrogens (tertiary/aromatic N) is 8. The first-order valence-corrected chi connectivity index (χ1v) is 13.9. The van der Waals surface area contributed by atoms with Crippen LogP contribution in [-0.4, -0.2) is 74.7 Å². The summed E-state index contributed by atoms with van der Waals surface area (Å²) in [6.07, 6.45) is 11.0. The Balaban J connectivity index is 1.29. The minimum absolute atomic E-state index is 0.473. The summed E-state index contributed by atoms with van der Waals surface area (Å²) in [7, 11) is -1.33. The minimum atomic E-state index is -3.23. The first-order chi connectivity index (χ1) is 17.8. The Hall–Kier alpha value is -3.57. The second-order valence-electron chi connectivity index (χ2n) is 10.1. The van der Waals surface area contributed by atoms with Crippen LogP contribution in [0.3, 0.4) is 0 Å². The lowest BCUT2D eigenvalue weighted by Crippen LogP contribution is -2.51. The molecule has 11 heteroatoms. The van der Waals surface area contributed by atoms with Gasteiger partial charge < -0.3 is 4.90 Å². The van der Waals surface area contributed by atoms with E-state index in [-0.39, 0.29) is 0 Å². The molecule has 1 saturated carbocycles. The summed E-state index contributed by atoms with van der Waals surface area (Å²) >= 11 is 0. The van der Waals surface area contributed by atoms with Gasteiger partial charge in [0.05, 0.1) is 29.2 Å². The summed E-state index contributed by atoms with van der Waals surface area (Å²) < 4.78 is 30.5. The topological polar surface area (TPSA) is 101 Å². The zero-order chi connectivity index (χ0) is 25.8. The van der Waals surface area contributed by atoms with Crippen molar-refractivity contribution in [3.8, 4) is 22.3 Å². The third kappa shape index (κ3) is 4.11. The van der Waals surface area contributed by atoms with E-state index in [9.17, 15) is 8.42 Å². The van der Waals surface area contributed by atoms with Crippen LogP contribution in [0.4, 0.5) is 5.82 Å². The predicted octanol–water partition coefficient (Wildman–Crippen LogP) is 3.00. The number of pyridine rings is 2. The van der Waals surface area contributed by atoms with Crippen molar-refractivity contribution in [1.29, 1.82) is 0 Å². The third-order valence-electron chi connectivity index (χ3n) is 7.55. The quantitative estimate of drug-likeness (QED) is 0.349. The molecule has 2 fully saturated rings. The zero-order valence-electron chi connectivity index (χ0n) is 21.1. The summed E-state index contributed by atoms with van der Waals surface area (Å²) in [6, 6.07) is 6.22. The molecule has 0 unspecified atom stereocenters.